The number of carboxylic acid groups (broad SMARTS) is 1. The Morgan fingerprint density at radius 3 is 2.47 bits per heavy atom. The van der Waals surface area contributed by atoms with E-state index in [9.17, 15) is 13.2 Å². The van der Waals surface area contributed by atoms with Gasteiger partial charge < -0.3 is 5.11 Å². The number of rotatable bonds is 6. The summed E-state index contributed by atoms with van der Waals surface area (Å²) in [6.45, 7) is 1.80. The van der Waals surface area contributed by atoms with Gasteiger partial charge in [0.1, 0.15) is 0 Å². The minimum absolute atomic E-state index is 0.215. The van der Waals surface area contributed by atoms with Crippen LogP contribution in [0.3, 0.4) is 0 Å². The first-order valence-electron chi connectivity index (χ1n) is 6.15. The van der Waals surface area contributed by atoms with E-state index in [-0.39, 0.29) is 11.8 Å². The van der Waals surface area contributed by atoms with E-state index < -0.39 is 21.9 Å². The number of carbonyl (C=O) groups is 1. The summed E-state index contributed by atoms with van der Waals surface area (Å²) in [6.07, 6.45) is 4.84. The molecule has 0 aromatic rings. The second-order valence-corrected chi connectivity index (χ2v) is 6.77. The van der Waals surface area contributed by atoms with Crippen LogP contribution in [-0.4, -0.2) is 31.3 Å². The number of aliphatic carboxylic acids is 1. The van der Waals surface area contributed by atoms with Crippen LogP contribution in [0.15, 0.2) is 0 Å². The van der Waals surface area contributed by atoms with Crippen molar-refractivity contribution >= 4 is 16.0 Å². The van der Waals surface area contributed by atoms with Crippen LogP contribution in [0.4, 0.5) is 0 Å². The summed E-state index contributed by atoms with van der Waals surface area (Å²) in [5.74, 6) is -1.40. The average molecular weight is 263 g/mol. The molecule has 0 bridgehead atoms. The molecular formula is C11H21NO4S. The summed E-state index contributed by atoms with van der Waals surface area (Å²) in [7, 11) is -3.25. The lowest BCUT2D eigenvalue weighted by molar-refractivity contribution is -0.141. The fraction of sp³-hybridized carbons (Fsp3) is 0.909. The molecule has 1 aliphatic carbocycles. The second kappa shape index (κ2) is 6.35. The highest BCUT2D eigenvalue weighted by Crippen LogP contribution is 2.22. The van der Waals surface area contributed by atoms with Crippen LogP contribution in [0, 0.1) is 5.92 Å². The van der Waals surface area contributed by atoms with Gasteiger partial charge in [0.25, 0.3) is 0 Å². The molecule has 1 atom stereocenters. The molecule has 100 valence electrons. The van der Waals surface area contributed by atoms with E-state index in [1.165, 1.54) is 0 Å². The van der Waals surface area contributed by atoms with E-state index in [0.717, 1.165) is 32.1 Å². The van der Waals surface area contributed by atoms with Gasteiger partial charge in [-0.05, 0) is 19.3 Å². The Morgan fingerprint density at radius 1 is 1.35 bits per heavy atom. The molecule has 17 heavy (non-hydrogen) atoms. The topological polar surface area (TPSA) is 83.5 Å². The normalized spacial score (nSPS) is 20.1. The number of hydrogen-bond donors (Lipinski definition) is 2. The third-order valence-corrected chi connectivity index (χ3v) is 5.25. The minimum atomic E-state index is -3.25. The maximum Gasteiger partial charge on any atom is 0.306 e. The van der Waals surface area contributed by atoms with E-state index in [0.29, 0.717) is 6.42 Å². The molecule has 1 rings (SSSR count). The average Bonchev–Trinajstić information content (AvgIpc) is 2.29. The molecule has 0 aliphatic heterocycles. The van der Waals surface area contributed by atoms with Crippen molar-refractivity contribution in [1.82, 2.24) is 4.72 Å². The SMILES string of the molecule is CC(CCNS(=O)(=O)C1CCCCC1)C(=O)O. The fourth-order valence-electron chi connectivity index (χ4n) is 2.03. The quantitative estimate of drug-likeness (QED) is 0.757. The largest absolute Gasteiger partial charge is 0.481 e. The third kappa shape index (κ3) is 4.63. The van der Waals surface area contributed by atoms with Gasteiger partial charge in [-0.15, -0.1) is 0 Å². The molecular weight excluding hydrogens is 242 g/mol. The van der Waals surface area contributed by atoms with Crippen LogP contribution in [-0.2, 0) is 14.8 Å². The first-order chi connectivity index (χ1) is 7.93. The first kappa shape index (κ1) is 14.4. The summed E-state index contributed by atoms with van der Waals surface area (Å²) in [4.78, 5) is 10.6. The van der Waals surface area contributed by atoms with Crippen LogP contribution in [0.2, 0.25) is 0 Å². The predicted octanol–water partition coefficient (Wildman–Crippen LogP) is 1.35. The third-order valence-electron chi connectivity index (χ3n) is 3.29. The highest BCUT2D eigenvalue weighted by atomic mass is 32.2. The van der Waals surface area contributed by atoms with Gasteiger partial charge in [-0.2, -0.15) is 0 Å². The molecule has 1 saturated carbocycles. The van der Waals surface area contributed by atoms with Crippen molar-refractivity contribution in [3.05, 3.63) is 0 Å². The van der Waals surface area contributed by atoms with Gasteiger partial charge in [-0.3, -0.25) is 4.79 Å². The van der Waals surface area contributed by atoms with Crippen molar-refractivity contribution < 1.29 is 18.3 Å². The Bertz CT molecular complexity index is 346. The molecule has 5 nitrogen and oxygen atoms in total. The van der Waals surface area contributed by atoms with Gasteiger partial charge in [-0.1, -0.05) is 26.2 Å². The lowest BCUT2D eigenvalue weighted by Crippen LogP contribution is -2.36. The highest BCUT2D eigenvalue weighted by molar-refractivity contribution is 7.90. The monoisotopic (exact) mass is 263 g/mol. The Hall–Kier alpha value is -0.620. The lowest BCUT2D eigenvalue weighted by atomic mass is 10.0. The molecule has 2 N–H and O–H groups in total. The summed E-state index contributed by atoms with van der Waals surface area (Å²) in [5.41, 5.74) is 0. The van der Waals surface area contributed by atoms with Crippen molar-refractivity contribution in [2.45, 2.75) is 50.7 Å². The van der Waals surface area contributed by atoms with E-state index in [2.05, 4.69) is 4.72 Å². The zero-order valence-electron chi connectivity index (χ0n) is 10.2. The molecule has 0 saturated heterocycles. The highest BCUT2D eigenvalue weighted by Gasteiger charge is 2.26. The first-order valence-corrected chi connectivity index (χ1v) is 7.69. The molecule has 0 heterocycles. The molecule has 1 fully saturated rings. The van der Waals surface area contributed by atoms with E-state index >= 15 is 0 Å². The summed E-state index contributed by atoms with van der Waals surface area (Å²) in [6, 6.07) is 0. The molecule has 0 amide bonds. The van der Waals surface area contributed by atoms with Crippen LogP contribution >= 0.6 is 0 Å². The van der Waals surface area contributed by atoms with Gasteiger partial charge >= 0.3 is 5.97 Å². The molecule has 0 aromatic carbocycles. The summed E-state index contributed by atoms with van der Waals surface area (Å²) >= 11 is 0. The predicted molar refractivity (Wildman–Crippen MR) is 65.2 cm³/mol. The Balaban J connectivity index is 2.36. The summed E-state index contributed by atoms with van der Waals surface area (Å²) < 4.78 is 26.3. The van der Waals surface area contributed by atoms with Crippen LogP contribution in [0.5, 0.6) is 0 Å². The number of hydrogen-bond acceptors (Lipinski definition) is 3. The van der Waals surface area contributed by atoms with Crippen LogP contribution in [0.25, 0.3) is 0 Å². The number of carboxylic acids is 1. The maximum atomic E-state index is 11.9. The molecule has 0 aromatic heterocycles. The van der Waals surface area contributed by atoms with Crippen molar-refractivity contribution in [1.29, 1.82) is 0 Å². The van der Waals surface area contributed by atoms with Gasteiger partial charge in [0.2, 0.25) is 10.0 Å². The Kier molecular flexibility index (Phi) is 5.39. The van der Waals surface area contributed by atoms with Crippen molar-refractivity contribution in [2.24, 2.45) is 5.92 Å². The standard InChI is InChI=1S/C11H21NO4S/c1-9(11(13)14)7-8-12-17(15,16)10-5-3-2-4-6-10/h9-10,12H,2-8H2,1H3,(H,13,14). The van der Waals surface area contributed by atoms with E-state index in [1.807, 2.05) is 0 Å². The van der Waals surface area contributed by atoms with E-state index in [4.69, 9.17) is 5.11 Å². The zero-order valence-corrected chi connectivity index (χ0v) is 11.0. The van der Waals surface area contributed by atoms with Gasteiger partial charge in [0.15, 0.2) is 0 Å². The molecule has 1 aliphatic rings. The second-order valence-electron chi connectivity index (χ2n) is 4.73. The van der Waals surface area contributed by atoms with Crippen LogP contribution < -0.4 is 4.72 Å². The van der Waals surface area contributed by atoms with Crippen molar-refractivity contribution in [2.75, 3.05) is 6.54 Å². The minimum Gasteiger partial charge on any atom is -0.481 e. The summed E-state index contributed by atoms with van der Waals surface area (Å²) in [5, 5.41) is 8.40. The zero-order chi connectivity index (χ0) is 12.9. The molecule has 0 spiro atoms. The van der Waals surface area contributed by atoms with Crippen molar-refractivity contribution in [3.63, 3.8) is 0 Å². The van der Waals surface area contributed by atoms with Gasteiger partial charge in [0.05, 0.1) is 11.2 Å². The lowest BCUT2D eigenvalue weighted by Gasteiger charge is -2.22. The number of nitrogens with one attached hydrogen (secondary N) is 1. The Morgan fingerprint density at radius 2 is 1.94 bits per heavy atom. The fourth-order valence-corrected chi connectivity index (χ4v) is 3.63. The van der Waals surface area contributed by atoms with Gasteiger partial charge in [-0.25, -0.2) is 13.1 Å². The molecule has 1 unspecified atom stereocenters. The van der Waals surface area contributed by atoms with Crippen molar-refractivity contribution in [3.8, 4) is 0 Å². The number of sulfonamides is 1. The Labute approximate surface area is 103 Å². The maximum absolute atomic E-state index is 11.9. The molecule has 6 heteroatoms. The smallest absolute Gasteiger partial charge is 0.306 e. The van der Waals surface area contributed by atoms with E-state index in [1.54, 1.807) is 6.92 Å². The molecule has 0 radical (unpaired) electrons. The van der Waals surface area contributed by atoms with Crippen LogP contribution in [0.1, 0.15) is 45.4 Å². The van der Waals surface area contributed by atoms with Gasteiger partial charge in [0, 0.05) is 6.54 Å².